The molecule has 0 bridgehead atoms. The number of nitrogens with two attached hydrogens (primary N) is 1. The van der Waals surface area contributed by atoms with Gasteiger partial charge in [-0.05, 0) is 51.7 Å². The predicted molar refractivity (Wildman–Crippen MR) is 103 cm³/mol. The summed E-state index contributed by atoms with van der Waals surface area (Å²) in [6.45, 7) is 5.38. The van der Waals surface area contributed by atoms with Crippen molar-refractivity contribution in [2.45, 2.75) is 64.0 Å². The fourth-order valence-corrected chi connectivity index (χ4v) is 4.20. The molecule has 1 aliphatic carbocycles. The highest BCUT2D eigenvalue weighted by Crippen LogP contribution is 2.32. The molecule has 142 valence electrons. The zero-order valence-electron chi connectivity index (χ0n) is 16.0. The molecule has 1 aliphatic heterocycles. The maximum absolute atomic E-state index is 12.7. The van der Waals surface area contributed by atoms with Gasteiger partial charge in [-0.15, -0.1) is 0 Å². The van der Waals surface area contributed by atoms with E-state index in [2.05, 4.69) is 5.32 Å². The largest absolute Gasteiger partial charge is 0.353 e. The second-order valence-corrected chi connectivity index (χ2v) is 8.25. The van der Waals surface area contributed by atoms with E-state index in [1.54, 1.807) is 0 Å². The molecule has 1 saturated heterocycles. The normalized spacial score (nSPS) is 27.2. The van der Waals surface area contributed by atoms with E-state index < -0.39 is 5.54 Å². The topological polar surface area (TPSA) is 75.4 Å². The van der Waals surface area contributed by atoms with Crippen molar-refractivity contribution < 1.29 is 9.59 Å². The molecule has 0 aromatic heterocycles. The van der Waals surface area contributed by atoms with Gasteiger partial charge in [-0.1, -0.05) is 30.5 Å². The van der Waals surface area contributed by atoms with E-state index in [-0.39, 0.29) is 23.8 Å². The highest BCUT2D eigenvalue weighted by molar-refractivity contribution is 5.94. The molecule has 5 heteroatoms. The molecule has 2 aliphatic rings. The van der Waals surface area contributed by atoms with Gasteiger partial charge in [-0.25, -0.2) is 0 Å². The van der Waals surface area contributed by atoms with Crippen LogP contribution in [-0.2, 0) is 4.79 Å². The van der Waals surface area contributed by atoms with Gasteiger partial charge >= 0.3 is 0 Å². The molecule has 26 heavy (non-hydrogen) atoms. The Morgan fingerprint density at radius 2 is 1.77 bits per heavy atom. The minimum absolute atomic E-state index is 0.0802. The number of benzene rings is 1. The van der Waals surface area contributed by atoms with Gasteiger partial charge in [0.2, 0.25) is 5.91 Å². The summed E-state index contributed by atoms with van der Waals surface area (Å²) in [4.78, 5) is 27.2. The second-order valence-electron chi connectivity index (χ2n) is 8.25. The van der Waals surface area contributed by atoms with Crippen LogP contribution in [0.25, 0.3) is 0 Å². The zero-order valence-corrected chi connectivity index (χ0v) is 16.0. The Balaban J connectivity index is 1.51. The van der Waals surface area contributed by atoms with Crippen LogP contribution in [0.5, 0.6) is 0 Å². The molecule has 3 N–H and O–H groups in total. The Bertz CT molecular complexity index is 646. The van der Waals surface area contributed by atoms with Crippen molar-refractivity contribution in [3.8, 4) is 0 Å². The Morgan fingerprint density at radius 1 is 1.12 bits per heavy atom. The van der Waals surface area contributed by atoms with Gasteiger partial charge in [0.15, 0.2) is 0 Å². The van der Waals surface area contributed by atoms with E-state index in [9.17, 15) is 9.59 Å². The summed E-state index contributed by atoms with van der Waals surface area (Å²) in [6.07, 6.45) is 5.58. The van der Waals surface area contributed by atoms with E-state index in [0.717, 1.165) is 49.7 Å². The number of piperidine rings is 1. The monoisotopic (exact) mass is 357 g/mol. The smallest absolute Gasteiger partial charge is 0.253 e. The number of rotatable bonds is 3. The first-order valence-corrected chi connectivity index (χ1v) is 9.82. The van der Waals surface area contributed by atoms with Crippen LogP contribution in [-0.4, -0.2) is 41.4 Å². The summed E-state index contributed by atoms with van der Waals surface area (Å²) >= 11 is 0. The molecule has 1 heterocycles. The van der Waals surface area contributed by atoms with Crippen LogP contribution in [0.15, 0.2) is 24.3 Å². The van der Waals surface area contributed by atoms with Crippen molar-refractivity contribution >= 4 is 11.8 Å². The van der Waals surface area contributed by atoms with Gasteiger partial charge in [0.05, 0.1) is 5.92 Å². The quantitative estimate of drug-likeness (QED) is 0.873. The first kappa shape index (κ1) is 18.9. The molecule has 5 nitrogen and oxygen atoms in total. The van der Waals surface area contributed by atoms with Crippen molar-refractivity contribution in [3.63, 3.8) is 0 Å². The van der Waals surface area contributed by atoms with E-state index in [1.807, 2.05) is 43.0 Å². The standard InChI is InChI=1S/C21H31N3O2/c1-15-6-8-16(9-7-15)20(26)24-13-10-17(11-14-24)23-19(25)18-5-3-4-12-21(18,2)22/h6-9,17-18H,3-5,10-14,22H2,1-2H3,(H,23,25). The van der Waals surface area contributed by atoms with Gasteiger partial charge in [0, 0.05) is 30.2 Å². The van der Waals surface area contributed by atoms with Crippen molar-refractivity contribution in [2.24, 2.45) is 11.7 Å². The summed E-state index contributed by atoms with van der Waals surface area (Å²) in [7, 11) is 0. The molecule has 1 aromatic carbocycles. The maximum Gasteiger partial charge on any atom is 0.253 e. The summed E-state index contributed by atoms with van der Waals surface area (Å²) in [6, 6.07) is 7.85. The summed E-state index contributed by atoms with van der Waals surface area (Å²) in [5, 5.41) is 3.19. The first-order chi connectivity index (χ1) is 12.4. The number of amides is 2. The number of hydrogen-bond acceptors (Lipinski definition) is 3. The molecule has 2 amide bonds. The van der Waals surface area contributed by atoms with Gasteiger partial charge < -0.3 is 16.0 Å². The number of nitrogens with zero attached hydrogens (tertiary/aromatic N) is 1. The molecule has 2 unspecified atom stereocenters. The number of carbonyl (C=O) groups excluding carboxylic acids is 2. The van der Waals surface area contributed by atoms with Crippen LogP contribution >= 0.6 is 0 Å². The third-order valence-corrected chi connectivity index (χ3v) is 6.00. The fourth-order valence-electron chi connectivity index (χ4n) is 4.20. The minimum Gasteiger partial charge on any atom is -0.353 e. The molecule has 1 aromatic rings. The number of hydrogen-bond donors (Lipinski definition) is 2. The predicted octanol–water partition coefficient (Wildman–Crippen LogP) is 2.62. The van der Waals surface area contributed by atoms with Gasteiger partial charge in [-0.3, -0.25) is 9.59 Å². The fraction of sp³-hybridized carbons (Fsp3) is 0.619. The van der Waals surface area contributed by atoms with E-state index >= 15 is 0 Å². The summed E-state index contributed by atoms with van der Waals surface area (Å²) in [5.41, 5.74) is 7.84. The van der Waals surface area contributed by atoms with Crippen molar-refractivity contribution in [1.82, 2.24) is 10.2 Å². The summed E-state index contributed by atoms with van der Waals surface area (Å²) in [5.74, 6) is 0.0815. The molecule has 2 fully saturated rings. The highest BCUT2D eigenvalue weighted by atomic mass is 16.2. The van der Waals surface area contributed by atoms with Crippen LogP contribution < -0.4 is 11.1 Å². The zero-order chi connectivity index (χ0) is 18.7. The Hall–Kier alpha value is -1.88. The van der Waals surface area contributed by atoms with Crippen LogP contribution in [0.1, 0.15) is 61.4 Å². The van der Waals surface area contributed by atoms with Crippen LogP contribution in [0.4, 0.5) is 0 Å². The molecular formula is C21H31N3O2. The Kier molecular flexibility index (Phi) is 5.66. The minimum atomic E-state index is -0.398. The third-order valence-electron chi connectivity index (χ3n) is 6.00. The lowest BCUT2D eigenvalue weighted by atomic mass is 9.74. The molecule has 1 saturated carbocycles. The van der Waals surface area contributed by atoms with Gasteiger partial charge in [0.25, 0.3) is 5.91 Å². The lowest BCUT2D eigenvalue weighted by molar-refractivity contribution is -0.129. The van der Waals surface area contributed by atoms with E-state index in [1.165, 1.54) is 0 Å². The van der Waals surface area contributed by atoms with E-state index in [0.29, 0.717) is 13.1 Å². The Morgan fingerprint density at radius 3 is 2.38 bits per heavy atom. The van der Waals surface area contributed by atoms with Crippen LogP contribution in [0.3, 0.4) is 0 Å². The SMILES string of the molecule is Cc1ccc(C(=O)N2CCC(NC(=O)C3CCCCC3(C)N)CC2)cc1. The molecule has 0 spiro atoms. The summed E-state index contributed by atoms with van der Waals surface area (Å²) < 4.78 is 0. The number of likely N-dealkylation sites (tertiary alicyclic amines) is 1. The average Bonchev–Trinajstić information content (AvgIpc) is 2.62. The average molecular weight is 357 g/mol. The molecule has 3 rings (SSSR count). The van der Waals surface area contributed by atoms with Crippen LogP contribution in [0, 0.1) is 12.8 Å². The maximum atomic E-state index is 12.7. The van der Waals surface area contributed by atoms with E-state index in [4.69, 9.17) is 5.73 Å². The lowest BCUT2D eigenvalue weighted by Gasteiger charge is -2.39. The second kappa shape index (κ2) is 7.78. The van der Waals surface area contributed by atoms with Gasteiger partial charge in [-0.2, -0.15) is 0 Å². The first-order valence-electron chi connectivity index (χ1n) is 9.82. The Labute approximate surface area is 156 Å². The van der Waals surface area contributed by atoms with Gasteiger partial charge in [0.1, 0.15) is 0 Å². The number of carbonyl (C=O) groups is 2. The van der Waals surface area contributed by atoms with Crippen LogP contribution in [0.2, 0.25) is 0 Å². The molecule has 2 atom stereocenters. The van der Waals surface area contributed by atoms with Crippen molar-refractivity contribution in [2.75, 3.05) is 13.1 Å². The third kappa shape index (κ3) is 4.26. The van der Waals surface area contributed by atoms with Crippen molar-refractivity contribution in [1.29, 1.82) is 0 Å². The molecular weight excluding hydrogens is 326 g/mol. The lowest BCUT2D eigenvalue weighted by Crippen LogP contribution is -2.55. The number of aryl methyl sites for hydroxylation is 1. The van der Waals surface area contributed by atoms with Crippen molar-refractivity contribution in [3.05, 3.63) is 35.4 Å². The number of nitrogens with one attached hydrogen (secondary N) is 1. The highest BCUT2D eigenvalue weighted by Gasteiger charge is 2.38. The molecule has 0 radical (unpaired) electrons.